The minimum atomic E-state index is -4.25. The zero-order chi connectivity index (χ0) is 15.6. The van der Waals surface area contributed by atoms with Gasteiger partial charge in [0.15, 0.2) is 5.69 Å². The van der Waals surface area contributed by atoms with Gasteiger partial charge in [0, 0.05) is 5.38 Å². The van der Waals surface area contributed by atoms with Gasteiger partial charge in [-0.05, 0) is 31.9 Å². The molecule has 1 heterocycles. The Labute approximate surface area is 127 Å². The second-order valence-corrected chi connectivity index (χ2v) is 6.57. The van der Waals surface area contributed by atoms with Crippen molar-refractivity contribution in [2.45, 2.75) is 20.8 Å². The molecule has 6 nitrogen and oxygen atoms in total. The van der Waals surface area contributed by atoms with Crippen LogP contribution in [-0.2, 0) is 14.5 Å². The smallest absolute Gasteiger partial charge is 0.324 e. The van der Waals surface area contributed by atoms with E-state index in [2.05, 4.69) is 13.9 Å². The van der Waals surface area contributed by atoms with Crippen molar-refractivity contribution >= 4 is 33.3 Å². The molecule has 0 aliphatic rings. The monoisotopic (exact) mass is 326 g/mol. The molecule has 8 heteroatoms. The van der Waals surface area contributed by atoms with E-state index in [1.807, 2.05) is 19.1 Å². The lowest BCUT2D eigenvalue weighted by atomic mass is 10.1. The van der Waals surface area contributed by atoms with Crippen molar-refractivity contribution in [3.63, 3.8) is 0 Å². The lowest BCUT2D eigenvalue weighted by Crippen LogP contribution is -2.21. The molecule has 1 aromatic carbocycles. The van der Waals surface area contributed by atoms with Crippen LogP contribution in [0.15, 0.2) is 23.0 Å². The van der Waals surface area contributed by atoms with E-state index >= 15 is 0 Å². The van der Waals surface area contributed by atoms with Crippen molar-refractivity contribution in [3.05, 3.63) is 45.4 Å². The summed E-state index contributed by atoms with van der Waals surface area (Å²) >= 11 is 1.18. The highest BCUT2D eigenvalue weighted by Crippen LogP contribution is 2.23. The molecule has 0 radical (unpaired) electrons. The van der Waals surface area contributed by atoms with E-state index < -0.39 is 16.3 Å². The fourth-order valence-corrected chi connectivity index (χ4v) is 3.36. The average molecular weight is 326 g/mol. The first-order valence-corrected chi connectivity index (χ1v) is 8.36. The van der Waals surface area contributed by atoms with Crippen molar-refractivity contribution in [3.8, 4) is 0 Å². The molecule has 21 heavy (non-hydrogen) atoms. The Kier molecular flexibility index (Phi) is 4.29. The molecule has 0 spiro atoms. The molecule has 0 fully saturated rings. The molecular formula is C13H14N2O4S2. The Morgan fingerprint density at radius 3 is 2.38 bits per heavy atom. The summed E-state index contributed by atoms with van der Waals surface area (Å²) in [4.78, 5) is 15.3. The molecule has 0 aliphatic heterocycles. The third kappa shape index (κ3) is 3.79. The van der Waals surface area contributed by atoms with Crippen molar-refractivity contribution in [1.29, 1.82) is 0 Å². The Morgan fingerprint density at radius 1 is 1.24 bits per heavy atom. The summed E-state index contributed by atoms with van der Waals surface area (Å²) in [6.45, 7) is 5.47. The van der Waals surface area contributed by atoms with Crippen molar-refractivity contribution in [1.82, 2.24) is 4.98 Å². The molecular weight excluding hydrogens is 312 g/mol. The number of aromatic nitrogens is 1. The van der Waals surface area contributed by atoms with Crippen LogP contribution in [0.25, 0.3) is 0 Å². The van der Waals surface area contributed by atoms with E-state index in [0.717, 1.165) is 16.7 Å². The summed E-state index contributed by atoms with van der Waals surface area (Å²) in [7, 11) is -4.25. The number of carbonyl (C=O) groups is 1. The number of nitrogens with zero attached hydrogens (tertiary/aromatic N) is 1. The Bertz CT molecular complexity index is 744. The molecule has 0 saturated carbocycles. The summed E-state index contributed by atoms with van der Waals surface area (Å²) < 4.78 is 30.6. The molecule has 112 valence electrons. The minimum absolute atomic E-state index is 0.0391. The highest BCUT2D eigenvalue weighted by atomic mass is 32.2. The van der Waals surface area contributed by atoms with E-state index in [0.29, 0.717) is 5.69 Å². The van der Waals surface area contributed by atoms with E-state index in [1.165, 1.54) is 22.2 Å². The van der Waals surface area contributed by atoms with E-state index in [-0.39, 0.29) is 5.69 Å². The maximum atomic E-state index is 11.9. The van der Waals surface area contributed by atoms with Crippen LogP contribution in [0, 0.1) is 20.8 Å². The zero-order valence-corrected chi connectivity index (χ0v) is 13.3. The molecule has 1 N–H and O–H groups in total. The summed E-state index contributed by atoms with van der Waals surface area (Å²) in [6.07, 6.45) is 0. The molecule has 1 aromatic heterocycles. The van der Waals surface area contributed by atoms with Crippen LogP contribution in [-0.4, -0.2) is 19.4 Å². The molecule has 2 aromatic rings. The second-order valence-electron chi connectivity index (χ2n) is 4.57. The number of anilines is 1. The van der Waals surface area contributed by atoms with Crippen LogP contribution >= 0.6 is 11.3 Å². The van der Waals surface area contributed by atoms with Crippen LogP contribution in [0.2, 0.25) is 0 Å². The summed E-state index contributed by atoms with van der Waals surface area (Å²) in [5.41, 5.74) is 4.31. The summed E-state index contributed by atoms with van der Waals surface area (Å²) in [5, 5.41) is 1.42. The first-order valence-electron chi connectivity index (χ1n) is 6.01. The topological polar surface area (TPSA) is 85.4 Å². The minimum Gasteiger partial charge on any atom is -0.324 e. The van der Waals surface area contributed by atoms with Gasteiger partial charge in [-0.25, -0.2) is 9.78 Å². The fraction of sp³-hybridized carbons (Fsp3) is 0.231. The number of rotatable bonds is 4. The average Bonchev–Trinajstić information content (AvgIpc) is 2.87. The van der Waals surface area contributed by atoms with Gasteiger partial charge in [-0.2, -0.15) is 8.42 Å². The molecule has 0 saturated heterocycles. The zero-order valence-electron chi connectivity index (χ0n) is 11.7. The number of hydrogen-bond acceptors (Lipinski definition) is 6. The number of aryl methyl sites for hydroxylation is 3. The van der Waals surface area contributed by atoms with Crippen LogP contribution in [0.5, 0.6) is 0 Å². The maximum absolute atomic E-state index is 11.9. The van der Waals surface area contributed by atoms with Gasteiger partial charge in [0.1, 0.15) is 0 Å². The molecule has 0 aliphatic carbocycles. The molecule has 0 bridgehead atoms. The van der Waals surface area contributed by atoms with Crippen LogP contribution in [0.1, 0.15) is 27.2 Å². The van der Waals surface area contributed by atoms with E-state index in [9.17, 15) is 13.2 Å². The fourth-order valence-electron chi connectivity index (χ4n) is 1.94. The molecule has 0 unspecified atom stereocenters. The van der Waals surface area contributed by atoms with Gasteiger partial charge in [0.2, 0.25) is 0 Å². The second kappa shape index (κ2) is 5.82. The summed E-state index contributed by atoms with van der Waals surface area (Å²) in [6, 6.07) is 3.68. The van der Waals surface area contributed by atoms with Gasteiger partial charge < -0.3 is 4.18 Å². The van der Waals surface area contributed by atoms with Gasteiger partial charge in [0.25, 0.3) is 0 Å². The standard InChI is InChI=1S/C13H14N2O4S2/c1-8-4-9(2)12(10(3)5-8)15-21(17,18)19-13(16)11-6-20-7-14-11/h4-7,15H,1-3H3. The van der Waals surface area contributed by atoms with Gasteiger partial charge in [-0.3, -0.25) is 4.72 Å². The number of carbonyl (C=O) groups excluding carboxylic acids is 1. The third-order valence-corrected chi connectivity index (χ3v) is 4.14. The normalized spacial score (nSPS) is 11.2. The van der Waals surface area contributed by atoms with Gasteiger partial charge in [-0.1, -0.05) is 17.7 Å². The first kappa shape index (κ1) is 15.5. The van der Waals surface area contributed by atoms with Gasteiger partial charge >= 0.3 is 16.3 Å². The maximum Gasteiger partial charge on any atom is 0.410 e. The molecule has 0 atom stereocenters. The Balaban J connectivity index is 2.21. The van der Waals surface area contributed by atoms with Gasteiger partial charge in [0.05, 0.1) is 11.2 Å². The van der Waals surface area contributed by atoms with Gasteiger partial charge in [-0.15, -0.1) is 11.3 Å². The summed E-state index contributed by atoms with van der Waals surface area (Å²) in [5.74, 6) is -1.01. The lowest BCUT2D eigenvalue weighted by Gasteiger charge is -2.13. The number of hydrogen-bond donors (Lipinski definition) is 1. The van der Waals surface area contributed by atoms with Crippen molar-refractivity contribution < 1.29 is 17.4 Å². The van der Waals surface area contributed by atoms with Crippen LogP contribution < -0.4 is 4.72 Å². The van der Waals surface area contributed by atoms with E-state index in [4.69, 9.17) is 0 Å². The highest BCUT2D eigenvalue weighted by molar-refractivity contribution is 7.88. The first-order chi connectivity index (χ1) is 9.78. The lowest BCUT2D eigenvalue weighted by molar-refractivity contribution is 0.0743. The molecule has 2 rings (SSSR count). The van der Waals surface area contributed by atoms with Crippen LogP contribution in [0.3, 0.4) is 0 Å². The Morgan fingerprint density at radius 2 is 1.86 bits per heavy atom. The van der Waals surface area contributed by atoms with Crippen molar-refractivity contribution in [2.24, 2.45) is 0 Å². The quantitative estimate of drug-likeness (QED) is 0.933. The predicted octanol–water partition coefficient (Wildman–Crippen LogP) is 2.58. The highest BCUT2D eigenvalue weighted by Gasteiger charge is 2.21. The predicted molar refractivity (Wildman–Crippen MR) is 80.7 cm³/mol. The number of thiazole rings is 1. The van der Waals surface area contributed by atoms with E-state index in [1.54, 1.807) is 13.8 Å². The molecule has 0 amide bonds. The number of nitrogens with one attached hydrogen (secondary N) is 1. The third-order valence-electron chi connectivity index (χ3n) is 2.73. The van der Waals surface area contributed by atoms with Crippen molar-refractivity contribution in [2.75, 3.05) is 4.72 Å². The Hall–Kier alpha value is -1.93. The largest absolute Gasteiger partial charge is 0.410 e. The SMILES string of the molecule is Cc1cc(C)c(NS(=O)(=O)OC(=O)c2cscn2)c(C)c1. The van der Waals surface area contributed by atoms with Crippen LogP contribution in [0.4, 0.5) is 5.69 Å². The number of benzene rings is 1.